The Bertz CT molecular complexity index is 852. The number of benzene rings is 1. The number of halogens is 1. The molecular formula is C18H16FN3OS2. The van der Waals surface area contributed by atoms with Gasteiger partial charge in [-0.05, 0) is 67.7 Å². The van der Waals surface area contributed by atoms with Crippen molar-refractivity contribution in [1.29, 1.82) is 5.26 Å². The molecule has 0 bridgehead atoms. The average molecular weight is 373 g/mol. The summed E-state index contributed by atoms with van der Waals surface area (Å²) in [6, 6.07) is 7.48. The lowest BCUT2D eigenvalue weighted by atomic mass is 10.1. The number of carbonyl (C=O) groups is 1. The lowest BCUT2D eigenvalue weighted by Gasteiger charge is -2.08. The zero-order valence-corrected chi connectivity index (χ0v) is 15.0. The summed E-state index contributed by atoms with van der Waals surface area (Å²) in [4.78, 5) is 13.4. The van der Waals surface area contributed by atoms with Crippen molar-refractivity contribution in [3.63, 3.8) is 0 Å². The van der Waals surface area contributed by atoms with E-state index >= 15 is 0 Å². The Kier molecular flexibility index (Phi) is 5.41. The topological polar surface area (TPSA) is 64.9 Å². The molecule has 2 aromatic rings. The Morgan fingerprint density at radius 3 is 2.64 bits per heavy atom. The van der Waals surface area contributed by atoms with Gasteiger partial charge in [0.15, 0.2) is 5.11 Å². The molecule has 0 saturated heterocycles. The lowest BCUT2D eigenvalue weighted by molar-refractivity contribution is 0.0977. The zero-order valence-electron chi connectivity index (χ0n) is 13.4. The molecule has 1 heterocycles. The summed E-state index contributed by atoms with van der Waals surface area (Å²) >= 11 is 6.72. The second-order valence-electron chi connectivity index (χ2n) is 5.80. The van der Waals surface area contributed by atoms with E-state index in [-0.39, 0.29) is 5.11 Å². The minimum atomic E-state index is -0.422. The smallest absolute Gasteiger partial charge is 0.257 e. The molecule has 0 saturated carbocycles. The van der Waals surface area contributed by atoms with E-state index in [4.69, 9.17) is 12.2 Å². The van der Waals surface area contributed by atoms with Crippen LogP contribution in [0.3, 0.4) is 0 Å². The summed E-state index contributed by atoms with van der Waals surface area (Å²) in [6.07, 6.45) is 5.28. The molecule has 1 aromatic carbocycles. The van der Waals surface area contributed by atoms with Gasteiger partial charge in [-0.3, -0.25) is 10.1 Å². The number of thiocarbonyl (C=S) groups is 1. The molecule has 0 fully saturated rings. The fourth-order valence-corrected chi connectivity index (χ4v) is 4.36. The number of nitriles is 1. The Morgan fingerprint density at radius 2 is 1.92 bits per heavy atom. The fraction of sp³-hybridized carbons (Fsp3) is 0.278. The number of amides is 1. The number of nitrogens with zero attached hydrogens (tertiary/aromatic N) is 1. The number of carbonyl (C=O) groups excluding carboxylic acids is 1. The molecule has 1 aliphatic rings. The molecule has 0 atom stereocenters. The van der Waals surface area contributed by atoms with Crippen LogP contribution in [-0.4, -0.2) is 11.0 Å². The second kappa shape index (κ2) is 7.72. The molecule has 0 aliphatic heterocycles. The van der Waals surface area contributed by atoms with Crippen molar-refractivity contribution in [2.45, 2.75) is 32.1 Å². The normalized spacial score (nSPS) is 13.3. The van der Waals surface area contributed by atoms with Gasteiger partial charge < -0.3 is 5.32 Å². The highest BCUT2D eigenvalue weighted by Gasteiger charge is 2.20. The van der Waals surface area contributed by atoms with E-state index in [9.17, 15) is 14.4 Å². The zero-order chi connectivity index (χ0) is 17.8. The Morgan fingerprint density at radius 1 is 1.20 bits per heavy atom. The van der Waals surface area contributed by atoms with Crippen LogP contribution in [0, 0.1) is 17.1 Å². The molecular weight excluding hydrogens is 357 g/mol. The molecule has 0 radical (unpaired) electrons. The molecule has 1 aromatic heterocycles. The summed E-state index contributed by atoms with van der Waals surface area (Å²) in [5, 5.41) is 15.8. The van der Waals surface area contributed by atoms with Crippen molar-refractivity contribution >= 4 is 39.6 Å². The Balaban J connectivity index is 1.72. The van der Waals surface area contributed by atoms with E-state index in [0.29, 0.717) is 16.1 Å². The van der Waals surface area contributed by atoms with Crippen LogP contribution >= 0.6 is 23.6 Å². The standard InChI is InChI=1S/C18H16FN3OS2/c19-12-8-6-11(7-9-12)16(23)21-18(24)22-17-14(10-20)13-4-2-1-3-5-15(13)25-17/h6-9H,1-5H2,(H2,21,22,23,24). The first-order chi connectivity index (χ1) is 12.1. The van der Waals surface area contributed by atoms with Gasteiger partial charge in [-0.15, -0.1) is 11.3 Å². The van der Waals surface area contributed by atoms with Crippen molar-refractivity contribution in [3.8, 4) is 6.07 Å². The highest BCUT2D eigenvalue weighted by atomic mass is 32.1. The number of hydrogen-bond acceptors (Lipinski definition) is 4. The Labute approximate surface area is 154 Å². The first kappa shape index (κ1) is 17.5. The average Bonchev–Trinajstić information content (AvgIpc) is 2.75. The van der Waals surface area contributed by atoms with Gasteiger partial charge in [0.2, 0.25) is 0 Å². The van der Waals surface area contributed by atoms with Crippen molar-refractivity contribution in [2.75, 3.05) is 5.32 Å². The van der Waals surface area contributed by atoms with Gasteiger partial charge in [0.25, 0.3) is 5.91 Å². The third kappa shape index (κ3) is 4.03. The molecule has 7 heteroatoms. The number of rotatable bonds is 2. The molecule has 1 aliphatic carbocycles. The SMILES string of the molecule is N#Cc1c(NC(=S)NC(=O)c2ccc(F)cc2)sc2c1CCCCC2. The van der Waals surface area contributed by atoms with E-state index in [1.165, 1.54) is 46.9 Å². The van der Waals surface area contributed by atoms with Gasteiger partial charge in [-0.2, -0.15) is 5.26 Å². The number of aryl methyl sites for hydroxylation is 1. The van der Waals surface area contributed by atoms with Gasteiger partial charge in [0.1, 0.15) is 16.9 Å². The van der Waals surface area contributed by atoms with Crippen molar-refractivity contribution in [3.05, 3.63) is 51.7 Å². The highest BCUT2D eigenvalue weighted by molar-refractivity contribution is 7.80. The number of nitrogens with one attached hydrogen (secondary N) is 2. The van der Waals surface area contributed by atoms with Crippen LogP contribution in [0.25, 0.3) is 0 Å². The maximum atomic E-state index is 12.9. The molecule has 2 N–H and O–H groups in total. The molecule has 4 nitrogen and oxygen atoms in total. The minimum absolute atomic E-state index is 0.127. The van der Waals surface area contributed by atoms with Crippen LogP contribution in [0.2, 0.25) is 0 Å². The number of thiophene rings is 1. The number of hydrogen-bond donors (Lipinski definition) is 2. The van der Waals surface area contributed by atoms with Gasteiger partial charge in [-0.25, -0.2) is 4.39 Å². The number of anilines is 1. The van der Waals surface area contributed by atoms with Gasteiger partial charge in [0, 0.05) is 10.4 Å². The summed E-state index contributed by atoms with van der Waals surface area (Å²) in [5.74, 6) is -0.829. The third-order valence-electron chi connectivity index (χ3n) is 4.09. The van der Waals surface area contributed by atoms with Crippen molar-refractivity contribution in [2.24, 2.45) is 0 Å². The van der Waals surface area contributed by atoms with Crippen LogP contribution in [0.15, 0.2) is 24.3 Å². The molecule has 1 amide bonds. The van der Waals surface area contributed by atoms with Crippen LogP contribution < -0.4 is 10.6 Å². The van der Waals surface area contributed by atoms with Crippen LogP contribution in [-0.2, 0) is 12.8 Å². The summed E-state index contributed by atoms with van der Waals surface area (Å²) in [6.45, 7) is 0. The monoisotopic (exact) mass is 373 g/mol. The molecule has 0 unspecified atom stereocenters. The predicted octanol–water partition coefficient (Wildman–Crippen LogP) is 4.15. The molecule has 128 valence electrons. The van der Waals surface area contributed by atoms with E-state index in [2.05, 4.69) is 16.7 Å². The highest BCUT2D eigenvalue weighted by Crippen LogP contribution is 2.36. The Hall–Kier alpha value is -2.30. The first-order valence-electron chi connectivity index (χ1n) is 8.01. The van der Waals surface area contributed by atoms with Crippen molar-refractivity contribution in [1.82, 2.24) is 5.32 Å². The molecule has 25 heavy (non-hydrogen) atoms. The van der Waals surface area contributed by atoms with Crippen LogP contribution in [0.5, 0.6) is 0 Å². The number of fused-ring (bicyclic) bond motifs is 1. The molecule has 0 spiro atoms. The first-order valence-corrected chi connectivity index (χ1v) is 9.23. The van der Waals surface area contributed by atoms with Crippen molar-refractivity contribution < 1.29 is 9.18 Å². The van der Waals surface area contributed by atoms with E-state index in [1.54, 1.807) is 0 Å². The largest absolute Gasteiger partial charge is 0.323 e. The van der Waals surface area contributed by atoms with Gasteiger partial charge in [-0.1, -0.05) is 6.42 Å². The predicted molar refractivity (Wildman–Crippen MR) is 100 cm³/mol. The fourth-order valence-electron chi connectivity index (χ4n) is 2.86. The maximum absolute atomic E-state index is 12.9. The van der Waals surface area contributed by atoms with E-state index in [1.807, 2.05) is 0 Å². The minimum Gasteiger partial charge on any atom is -0.323 e. The quantitative estimate of drug-likeness (QED) is 0.613. The lowest BCUT2D eigenvalue weighted by Crippen LogP contribution is -2.34. The summed E-state index contributed by atoms with van der Waals surface area (Å²) < 4.78 is 12.9. The van der Waals surface area contributed by atoms with E-state index in [0.717, 1.165) is 31.2 Å². The van der Waals surface area contributed by atoms with Crippen LogP contribution in [0.4, 0.5) is 9.39 Å². The summed E-state index contributed by atoms with van der Waals surface area (Å²) in [7, 11) is 0. The summed E-state index contributed by atoms with van der Waals surface area (Å²) in [5.41, 5.74) is 2.05. The van der Waals surface area contributed by atoms with Crippen LogP contribution in [0.1, 0.15) is 45.6 Å². The third-order valence-corrected chi connectivity index (χ3v) is 5.51. The maximum Gasteiger partial charge on any atom is 0.257 e. The van der Waals surface area contributed by atoms with Gasteiger partial charge >= 0.3 is 0 Å². The second-order valence-corrected chi connectivity index (χ2v) is 7.31. The van der Waals surface area contributed by atoms with E-state index < -0.39 is 11.7 Å². The molecule has 3 rings (SSSR count). The van der Waals surface area contributed by atoms with Gasteiger partial charge in [0.05, 0.1) is 5.56 Å².